The predicted octanol–water partition coefficient (Wildman–Crippen LogP) is 5.35. The quantitative estimate of drug-likeness (QED) is 0.0699. The van der Waals surface area contributed by atoms with Crippen molar-refractivity contribution in [1.29, 1.82) is 0 Å². The van der Waals surface area contributed by atoms with E-state index in [0.717, 1.165) is 31.0 Å². The average Bonchev–Trinajstić information content (AvgIpc) is 0.811. The van der Waals surface area contributed by atoms with Crippen LogP contribution in [-0.2, 0) is 71.7 Å². The van der Waals surface area contributed by atoms with Crippen LogP contribution in [-0.4, -0.2) is 272 Å². The number of hydrogen-bond donors (Lipinski definition) is 4. The minimum atomic E-state index is -1.74. The van der Waals surface area contributed by atoms with Gasteiger partial charge in [-0.3, -0.25) is 57.6 Å². The molecule has 2 rings (SSSR count). The minimum absolute atomic E-state index is 0.0315. The first-order valence-electron chi connectivity index (χ1n) is 36.6. The molecule has 9 amide bonds. The summed E-state index contributed by atoms with van der Waals surface area (Å²) in [7, 11) is 9.83. The third-order valence-corrected chi connectivity index (χ3v) is 19.8. The Morgan fingerprint density at radius 3 is 1.59 bits per heavy atom. The molecule has 2 heterocycles. The van der Waals surface area contributed by atoms with Gasteiger partial charge in [0.15, 0.2) is 11.6 Å². The van der Waals surface area contributed by atoms with E-state index >= 15 is 33.6 Å². The van der Waals surface area contributed by atoms with E-state index in [2.05, 4.69) is 25.6 Å². The number of carbonyl (C=O) groups is 12. The summed E-state index contributed by atoms with van der Waals surface area (Å²) in [5.41, 5.74) is 0. The highest BCUT2D eigenvalue weighted by atomic mass is 16.7. The van der Waals surface area contributed by atoms with Crippen molar-refractivity contribution >= 4 is 70.9 Å². The van der Waals surface area contributed by atoms with E-state index in [-0.39, 0.29) is 69.5 Å². The van der Waals surface area contributed by atoms with Crippen molar-refractivity contribution in [2.45, 2.75) is 254 Å². The standard InChI is InChI=1S/C73H130N10O17/c1-24-54-70(93)77(17)51(15)68(91)82(22)62(52(16)99-34-29-27-31-83-32-36-98-37-33-83)59(85)42-53(46(8)9)69(92)78(18)55(38-43(2)3)58(84)41-49(13)64(87)74-50(14)67(90)79(19)56(39-44(4)5)71(94)80(20)57(40-45(6)7)72(95)81(21)61(47(10)11)66(89)76-60(65(88)75-54)63(86)48(12)30-26-25-28-35-100-73(96)97-23/h43-57,60-63,86H,24-42H2,1-23H3,(H,74,87)(H,75,88)(H,76,89)/t48-,49-,50-,51-,52-,53+,54+,55+,56+,57+,60+,61+,62+,63-/m1/s1. The number of nitrogens with zero attached hydrogens (tertiary/aromatic N) is 7. The van der Waals surface area contributed by atoms with Crippen LogP contribution >= 0.6 is 0 Å². The molecule has 0 aromatic carbocycles. The molecule has 2 aliphatic rings. The Kier molecular flexibility index (Phi) is 39.1. The van der Waals surface area contributed by atoms with Crippen LogP contribution < -0.4 is 16.0 Å². The van der Waals surface area contributed by atoms with E-state index in [1.165, 1.54) is 87.7 Å². The SMILES string of the molecule is CC[C@@H]1NC(=O)[C@H]([C@H](O)[C@H](C)CCCCCOC(=O)OC)NC(=O)[C@H](C(C)C)N(C)C(=O)[C@H](CC(C)C)N(C)C(=O)[C@H](CC(C)C)N(C)C(=O)[C@@H](C)NC(=O)[C@H](C)CC(=O)[C@H](CC(C)C)N(C)C(=O)[C@H](C(C)C)CC(=O)[C@H]([C@@H](C)OCCCCN2CCOCC2)N(C)C(=O)[C@@H](C)N(C)C1=O. The maximum atomic E-state index is 15.2. The van der Waals surface area contributed by atoms with Crippen LogP contribution in [0.1, 0.15) is 188 Å². The monoisotopic (exact) mass is 1420 g/mol. The first kappa shape index (κ1) is 89.8. The number of carbonyl (C=O) groups excluding carboxylic acids is 12. The van der Waals surface area contributed by atoms with Crippen molar-refractivity contribution in [3.05, 3.63) is 0 Å². The van der Waals surface area contributed by atoms with Crippen molar-refractivity contribution in [1.82, 2.24) is 50.2 Å². The highest BCUT2D eigenvalue weighted by Crippen LogP contribution is 2.28. The van der Waals surface area contributed by atoms with Gasteiger partial charge in [-0.15, -0.1) is 0 Å². The zero-order valence-corrected chi connectivity index (χ0v) is 65.0. The van der Waals surface area contributed by atoms with E-state index in [1.54, 1.807) is 55.4 Å². The van der Waals surface area contributed by atoms with Crippen molar-refractivity contribution in [2.24, 2.45) is 47.3 Å². The molecule has 0 aliphatic carbocycles. The predicted molar refractivity (Wildman–Crippen MR) is 381 cm³/mol. The van der Waals surface area contributed by atoms with Gasteiger partial charge in [0.1, 0.15) is 48.3 Å². The largest absolute Gasteiger partial charge is 0.507 e. The van der Waals surface area contributed by atoms with Gasteiger partial charge in [-0.1, -0.05) is 103 Å². The Labute approximate surface area is 597 Å². The third-order valence-electron chi connectivity index (χ3n) is 19.8. The molecule has 2 saturated heterocycles. The zero-order valence-electron chi connectivity index (χ0n) is 65.0. The lowest BCUT2D eigenvalue weighted by molar-refractivity contribution is -0.154. The van der Waals surface area contributed by atoms with E-state index in [0.29, 0.717) is 45.3 Å². The summed E-state index contributed by atoms with van der Waals surface area (Å²) in [5.74, 6) is -11.4. The molecule has 14 atom stereocenters. The summed E-state index contributed by atoms with van der Waals surface area (Å²) >= 11 is 0. The lowest BCUT2D eigenvalue weighted by Crippen LogP contribution is -2.63. The number of aliphatic hydroxyl groups excluding tert-OH is 1. The number of unbranched alkanes of at least 4 members (excludes halogenated alkanes) is 3. The Hall–Kier alpha value is -6.32. The molecule has 2 fully saturated rings. The lowest BCUT2D eigenvalue weighted by atomic mass is 9.85. The molecule has 0 radical (unpaired) electrons. The second kappa shape index (κ2) is 43.6. The number of amides is 9. The van der Waals surface area contributed by atoms with Gasteiger partial charge >= 0.3 is 6.16 Å². The fraction of sp³-hybridized carbons (Fsp3) is 0.836. The number of ketones is 2. The third kappa shape index (κ3) is 27.1. The van der Waals surface area contributed by atoms with Crippen LogP contribution in [0.5, 0.6) is 0 Å². The molecule has 2 aliphatic heterocycles. The topological polar surface area (TPSA) is 321 Å². The van der Waals surface area contributed by atoms with E-state index < -0.39 is 167 Å². The second-order valence-corrected chi connectivity index (χ2v) is 30.1. The molecule has 0 aromatic heterocycles. The van der Waals surface area contributed by atoms with Gasteiger partial charge in [0.25, 0.3) is 0 Å². The highest BCUT2D eigenvalue weighted by molar-refractivity contribution is 6.00. The van der Waals surface area contributed by atoms with E-state index in [4.69, 9.17) is 14.2 Å². The number of ether oxygens (including phenoxy) is 4. The molecule has 0 bridgehead atoms. The maximum Gasteiger partial charge on any atom is 0.507 e. The summed E-state index contributed by atoms with van der Waals surface area (Å²) in [4.78, 5) is 185. The molecule has 4 N–H and O–H groups in total. The van der Waals surface area contributed by atoms with Gasteiger partial charge < -0.3 is 69.4 Å². The Bertz CT molecular complexity index is 2670. The van der Waals surface area contributed by atoms with Crippen LogP contribution in [0.4, 0.5) is 4.79 Å². The van der Waals surface area contributed by atoms with Crippen molar-refractivity contribution < 1.29 is 81.6 Å². The molecule has 27 heteroatoms. The van der Waals surface area contributed by atoms with Gasteiger partial charge in [0.2, 0.25) is 53.2 Å². The van der Waals surface area contributed by atoms with Gasteiger partial charge in [-0.2, -0.15) is 0 Å². The maximum absolute atomic E-state index is 15.2. The highest BCUT2D eigenvalue weighted by Gasteiger charge is 2.45. The second-order valence-electron chi connectivity index (χ2n) is 30.1. The van der Waals surface area contributed by atoms with Crippen molar-refractivity contribution in [3.8, 4) is 0 Å². The first-order chi connectivity index (χ1) is 46.7. The Morgan fingerprint density at radius 1 is 0.540 bits per heavy atom. The summed E-state index contributed by atoms with van der Waals surface area (Å²) < 4.78 is 21.5. The summed E-state index contributed by atoms with van der Waals surface area (Å²) in [6.07, 6.45) is -0.360. The number of hydrogen-bond acceptors (Lipinski definition) is 18. The van der Waals surface area contributed by atoms with E-state index in [9.17, 15) is 29.1 Å². The first-order valence-corrected chi connectivity index (χ1v) is 36.6. The lowest BCUT2D eigenvalue weighted by Gasteiger charge is -2.40. The molecule has 0 saturated carbocycles. The number of rotatable bonds is 24. The Balaban J connectivity index is 2.98. The van der Waals surface area contributed by atoms with Gasteiger partial charge in [-0.25, -0.2) is 4.79 Å². The number of methoxy groups -OCH3 is 1. The normalized spacial score (nSPS) is 26.6. The van der Waals surface area contributed by atoms with Gasteiger partial charge in [0, 0.05) is 86.7 Å². The van der Waals surface area contributed by atoms with Gasteiger partial charge in [-0.05, 0) is 114 Å². The molecule has 0 spiro atoms. The van der Waals surface area contributed by atoms with Crippen LogP contribution in [0.2, 0.25) is 0 Å². The number of aliphatic hydroxyl groups is 1. The van der Waals surface area contributed by atoms with E-state index in [1.807, 2.05) is 41.5 Å². The molecule has 0 unspecified atom stereocenters. The van der Waals surface area contributed by atoms with Crippen LogP contribution in [0.3, 0.4) is 0 Å². The number of Topliss-reactive ketones (excluding diaryl/α,β-unsaturated/α-hetero) is 2. The molecular formula is C73H130N10O17. The number of morpholine rings is 1. The fourth-order valence-corrected chi connectivity index (χ4v) is 13.2. The Morgan fingerprint density at radius 2 is 1.06 bits per heavy atom. The van der Waals surface area contributed by atoms with Crippen LogP contribution in [0.25, 0.3) is 0 Å². The molecular weight excluding hydrogens is 1290 g/mol. The smallest absolute Gasteiger partial charge is 0.438 e. The summed E-state index contributed by atoms with van der Waals surface area (Å²) in [6, 6.07) is -11.6. The van der Waals surface area contributed by atoms with Crippen LogP contribution in [0.15, 0.2) is 0 Å². The summed E-state index contributed by atoms with van der Waals surface area (Å²) in [6.45, 7) is 31.7. The molecule has 27 nitrogen and oxygen atoms in total. The molecule has 574 valence electrons. The van der Waals surface area contributed by atoms with Crippen molar-refractivity contribution in [3.63, 3.8) is 0 Å². The molecule has 0 aromatic rings. The van der Waals surface area contributed by atoms with Crippen molar-refractivity contribution in [2.75, 3.05) is 95.5 Å². The number of nitrogens with one attached hydrogen (secondary N) is 3. The van der Waals surface area contributed by atoms with Crippen LogP contribution in [0, 0.1) is 47.3 Å². The number of likely N-dealkylation sites (N-methyl/N-ethyl adjacent to an activating group) is 6. The average molecular weight is 1420 g/mol. The zero-order chi connectivity index (χ0) is 76.3. The minimum Gasteiger partial charge on any atom is -0.438 e. The van der Waals surface area contributed by atoms with Gasteiger partial charge in [0.05, 0.1) is 45.2 Å². The summed E-state index contributed by atoms with van der Waals surface area (Å²) in [5, 5.41) is 20.5. The fourth-order valence-electron chi connectivity index (χ4n) is 13.2. The molecule has 100 heavy (non-hydrogen) atoms.